The highest BCUT2D eigenvalue weighted by Gasteiger charge is 2.11. The average Bonchev–Trinajstić information content (AvgIpc) is 2.86. The van der Waals surface area contributed by atoms with Crippen molar-refractivity contribution in [2.24, 2.45) is 0 Å². The van der Waals surface area contributed by atoms with Crippen molar-refractivity contribution < 1.29 is 4.39 Å². The summed E-state index contributed by atoms with van der Waals surface area (Å²) >= 11 is 0. The van der Waals surface area contributed by atoms with E-state index in [0.717, 1.165) is 12.1 Å². The van der Waals surface area contributed by atoms with E-state index < -0.39 is 0 Å². The van der Waals surface area contributed by atoms with Gasteiger partial charge in [-0.1, -0.05) is 23.4 Å². The van der Waals surface area contributed by atoms with Crippen LogP contribution in [0.4, 0.5) is 10.2 Å². The molecule has 1 aromatic carbocycles. The van der Waals surface area contributed by atoms with E-state index >= 15 is 0 Å². The molecule has 20 heavy (non-hydrogen) atoms. The van der Waals surface area contributed by atoms with Gasteiger partial charge < -0.3 is 5.32 Å². The lowest BCUT2D eigenvalue weighted by Crippen LogP contribution is -2.04. The summed E-state index contributed by atoms with van der Waals surface area (Å²) < 4.78 is 15.4. The minimum atomic E-state index is -0.239. The largest absolute Gasteiger partial charge is 0.368 e. The van der Waals surface area contributed by atoms with Gasteiger partial charge in [-0.2, -0.15) is 0 Å². The monoisotopic (exact) mass is 271 g/mol. The van der Waals surface area contributed by atoms with Crippen molar-refractivity contribution in [3.63, 3.8) is 0 Å². The van der Waals surface area contributed by atoms with Crippen molar-refractivity contribution in [3.05, 3.63) is 47.9 Å². The van der Waals surface area contributed by atoms with E-state index in [-0.39, 0.29) is 5.82 Å². The second-order valence-corrected chi connectivity index (χ2v) is 4.40. The maximum atomic E-state index is 13.7. The number of aromatic nitrogens is 4. The number of fused-ring (bicyclic) bond motifs is 1. The Hall–Kier alpha value is -2.50. The van der Waals surface area contributed by atoms with Crippen molar-refractivity contribution in [2.75, 3.05) is 11.9 Å². The molecule has 0 saturated heterocycles. The molecular weight excluding hydrogens is 257 g/mol. The van der Waals surface area contributed by atoms with Crippen LogP contribution in [0.5, 0.6) is 0 Å². The summed E-state index contributed by atoms with van der Waals surface area (Å²) in [5.41, 5.74) is 2.12. The smallest absolute Gasteiger partial charge is 0.156 e. The fraction of sp³-hybridized carbons (Fsp3) is 0.214. The van der Waals surface area contributed by atoms with Crippen LogP contribution in [-0.2, 0) is 6.54 Å². The molecule has 0 bridgehead atoms. The van der Waals surface area contributed by atoms with E-state index in [1.54, 1.807) is 23.0 Å². The number of anilines is 1. The van der Waals surface area contributed by atoms with Gasteiger partial charge in [-0.05, 0) is 19.1 Å². The first-order chi connectivity index (χ1) is 9.79. The predicted octanol–water partition coefficient (Wildman–Crippen LogP) is 2.45. The molecule has 0 unspecified atom stereocenters. The van der Waals surface area contributed by atoms with Crippen LogP contribution >= 0.6 is 0 Å². The van der Waals surface area contributed by atoms with E-state index in [0.29, 0.717) is 23.4 Å². The molecule has 5 nitrogen and oxygen atoms in total. The Morgan fingerprint density at radius 3 is 2.90 bits per heavy atom. The van der Waals surface area contributed by atoms with Gasteiger partial charge in [0.1, 0.15) is 5.82 Å². The van der Waals surface area contributed by atoms with Crippen molar-refractivity contribution in [3.8, 4) is 0 Å². The Balaban J connectivity index is 2.01. The van der Waals surface area contributed by atoms with Gasteiger partial charge in [-0.25, -0.2) is 14.1 Å². The number of nitrogens with zero attached hydrogens (tertiary/aromatic N) is 4. The van der Waals surface area contributed by atoms with Crippen molar-refractivity contribution in [1.29, 1.82) is 0 Å². The van der Waals surface area contributed by atoms with Gasteiger partial charge in [-0.15, -0.1) is 5.10 Å². The Bertz CT molecular complexity index is 737. The molecule has 0 amide bonds. The molecule has 2 aromatic heterocycles. The minimum absolute atomic E-state index is 0.239. The first kappa shape index (κ1) is 12.5. The molecule has 3 aromatic rings. The molecule has 0 fully saturated rings. The van der Waals surface area contributed by atoms with Crippen LogP contribution in [0.1, 0.15) is 12.5 Å². The van der Waals surface area contributed by atoms with Gasteiger partial charge in [0, 0.05) is 18.3 Å². The second-order valence-electron chi connectivity index (χ2n) is 4.40. The number of hydrogen-bond acceptors (Lipinski definition) is 4. The molecule has 0 spiro atoms. The van der Waals surface area contributed by atoms with Crippen molar-refractivity contribution in [2.45, 2.75) is 13.5 Å². The quantitative estimate of drug-likeness (QED) is 0.792. The number of halogens is 1. The van der Waals surface area contributed by atoms with E-state index in [2.05, 4.69) is 20.6 Å². The number of benzene rings is 1. The van der Waals surface area contributed by atoms with Gasteiger partial charge in [0.25, 0.3) is 0 Å². The SMILES string of the molecule is CCNc1nccc2c1nnn2Cc1ccccc1F. The Morgan fingerprint density at radius 1 is 1.25 bits per heavy atom. The first-order valence-electron chi connectivity index (χ1n) is 6.45. The number of hydrogen-bond donors (Lipinski definition) is 1. The molecule has 102 valence electrons. The fourth-order valence-electron chi connectivity index (χ4n) is 2.10. The predicted molar refractivity (Wildman–Crippen MR) is 75.0 cm³/mol. The Kier molecular flexibility index (Phi) is 3.28. The summed E-state index contributed by atoms with van der Waals surface area (Å²) in [7, 11) is 0. The molecule has 0 saturated carbocycles. The zero-order valence-electron chi connectivity index (χ0n) is 11.0. The summed E-state index contributed by atoms with van der Waals surface area (Å²) in [4.78, 5) is 4.23. The Morgan fingerprint density at radius 2 is 2.10 bits per heavy atom. The van der Waals surface area contributed by atoms with E-state index in [1.807, 2.05) is 19.1 Å². The third-order valence-electron chi connectivity index (χ3n) is 3.06. The molecule has 0 atom stereocenters. The first-order valence-corrected chi connectivity index (χ1v) is 6.45. The van der Waals surface area contributed by atoms with Crippen LogP contribution in [0, 0.1) is 5.82 Å². The molecule has 3 rings (SSSR count). The number of nitrogens with one attached hydrogen (secondary N) is 1. The molecule has 0 radical (unpaired) electrons. The molecular formula is C14H14FN5. The number of pyridine rings is 1. The standard InChI is InChI=1S/C14H14FN5/c1-2-16-14-13-12(7-8-17-14)20(19-18-13)9-10-5-3-4-6-11(10)15/h3-8H,2,9H2,1H3,(H,16,17). The summed E-state index contributed by atoms with van der Waals surface area (Å²) in [5.74, 6) is 0.460. The van der Waals surface area contributed by atoms with Gasteiger partial charge in [-0.3, -0.25) is 0 Å². The van der Waals surface area contributed by atoms with Crippen LogP contribution in [0.3, 0.4) is 0 Å². The third kappa shape index (κ3) is 2.20. The lowest BCUT2D eigenvalue weighted by atomic mass is 10.2. The van der Waals surface area contributed by atoms with Crippen LogP contribution in [0.25, 0.3) is 11.0 Å². The van der Waals surface area contributed by atoms with Crippen LogP contribution in [0.15, 0.2) is 36.5 Å². The maximum Gasteiger partial charge on any atom is 0.156 e. The molecule has 0 aliphatic carbocycles. The maximum absolute atomic E-state index is 13.7. The summed E-state index contributed by atoms with van der Waals surface area (Å²) in [5, 5.41) is 11.4. The average molecular weight is 271 g/mol. The van der Waals surface area contributed by atoms with E-state index in [1.165, 1.54) is 6.07 Å². The normalized spacial score (nSPS) is 10.9. The Labute approximate surface area is 115 Å². The van der Waals surface area contributed by atoms with Crippen LogP contribution in [0.2, 0.25) is 0 Å². The molecule has 0 aliphatic rings. The van der Waals surface area contributed by atoms with Crippen LogP contribution < -0.4 is 5.32 Å². The van der Waals surface area contributed by atoms with Crippen molar-refractivity contribution in [1.82, 2.24) is 20.0 Å². The summed E-state index contributed by atoms with van der Waals surface area (Å²) in [6, 6.07) is 8.50. The highest BCUT2D eigenvalue weighted by molar-refractivity contribution is 5.85. The van der Waals surface area contributed by atoms with Crippen molar-refractivity contribution >= 4 is 16.9 Å². The lowest BCUT2D eigenvalue weighted by molar-refractivity contribution is 0.583. The lowest BCUT2D eigenvalue weighted by Gasteiger charge is -2.05. The highest BCUT2D eigenvalue weighted by Crippen LogP contribution is 2.19. The molecule has 6 heteroatoms. The summed E-state index contributed by atoms with van der Waals surface area (Å²) in [6.07, 6.45) is 1.70. The zero-order valence-corrected chi connectivity index (χ0v) is 11.0. The van der Waals surface area contributed by atoms with Gasteiger partial charge >= 0.3 is 0 Å². The molecule has 0 aliphatic heterocycles. The zero-order chi connectivity index (χ0) is 13.9. The summed E-state index contributed by atoms with van der Waals surface area (Å²) in [6.45, 7) is 3.09. The van der Waals surface area contributed by atoms with E-state index in [4.69, 9.17) is 0 Å². The van der Waals surface area contributed by atoms with Gasteiger partial charge in [0.05, 0.1) is 12.1 Å². The fourth-order valence-corrected chi connectivity index (χ4v) is 2.10. The molecule has 1 N–H and O–H groups in total. The topological polar surface area (TPSA) is 55.6 Å². The van der Waals surface area contributed by atoms with Crippen LogP contribution in [-0.4, -0.2) is 26.5 Å². The molecule has 2 heterocycles. The van der Waals surface area contributed by atoms with E-state index in [9.17, 15) is 4.39 Å². The second kappa shape index (κ2) is 5.24. The minimum Gasteiger partial charge on any atom is -0.368 e. The highest BCUT2D eigenvalue weighted by atomic mass is 19.1. The number of rotatable bonds is 4. The van der Waals surface area contributed by atoms with Gasteiger partial charge in [0.2, 0.25) is 0 Å². The van der Waals surface area contributed by atoms with Gasteiger partial charge in [0.15, 0.2) is 11.3 Å². The third-order valence-corrected chi connectivity index (χ3v) is 3.06.